The highest BCUT2D eigenvalue weighted by Crippen LogP contribution is 2.44. The van der Waals surface area contributed by atoms with E-state index in [9.17, 15) is 50.8 Å². The third-order valence-corrected chi connectivity index (χ3v) is 7.34. The maximum Gasteiger partial charge on any atom is 0.197 e. The molecule has 0 aliphatic carbocycles. The third-order valence-electron chi connectivity index (χ3n) is 7.34. The number of phenolic OH excluding ortho intramolecular Hbond substituents is 2. The molecule has 2 saturated heterocycles. The zero-order chi connectivity index (χ0) is 29.6. The summed E-state index contributed by atoms with van der Waals surface area (Å²) in [5, 5.41) is 92.7. The molecule has 1 aromatic heterocycles. The number of benzene rings is 2. The molecule has 0 spiro atoms. The average molecular weight is 579 g/mol. The van der Waals surface area contributed by atoms with E-state index in [1.165, 1.54) is 0 Å². The Morgan fingerprint density at radius 1 is 0.780 bits per heavy atom. The molecular formula is C27H30O14. The van der Waals surface area contributed by atoms with E-state index in [1.807, 2.05) is 0 Å². The number of rotatable bonds is 6. The van der Waals surface area contributed by atoms with Crippen molar-refractivity contribution in [3.8, 4) is 22.8 Å². The zero-order valence-corrected chi connectivity index (χ0v) is 21.3. The first-order chi connectivity index (χ1) is 19.5. The van der Waals surface area contributed by atoms with Crippen molar-refractivity contribution in [2.45, 2.75) is 61.2 Å². The van der Waals surface area contributed by atoms with Crippen molar-refractivity contribution in [2.75, 3.05) is 13.2 Å². The monoisotopic (exact) mass is 578 g/mol. The van der Waals surface area contributed by atoms with Crippen LogP contribution in [0.25, 0.3) is 22.3 Å². The second-order valence-electron chi connectivity index (χ2n) is 9.97. The summed E-state index contributed by atoms with van der Waals surface area (Å²) >= 11 is 0. The lowest BCUT2D eigenvalue weighted by atomic mass is 9.89. The zero-order valence-electron chi connectivity index (χ0n) is 21.3. The summed E-state index contributed by atoms with van der Waals surface area (Å²) in [5.74, 6) is -1.26. The fraction of sp³-hybridized carbons (Fsp3) is 0.444. The van der Waals surface area contributed by atoms with Gasteiger partial charge in [-0.05, 0) is 0 Å². The van der Waals surface area contributed by atoms with Crippen molar-refractivity contribution in [1.82, 2.24) is 0 Å². The largest absolute Gasteiger partial charge is 0.507 e. The highest BCUT2D eigenvalue weighted by atomic mass is 16.7. The average Bonchev–Trinajstić information content (AvgIpc) is 2.96. The fourth-order valence-corrected chi connectivity index (χ4v) is 5.05. The van der Waals surface area contributed by atoms with Crippen molar-refractivity contribution < 1.29 is 64.6 Å². The lowest BCUT2D eigenvalue weighted by molar-refractivity contribution is -0.314. The van der Waals surface area contributed by atoms with Gasteiger partial charge in [0.15, 0.2) is 11.7 Å². The molecule has 10 unspecified atom stereocenters. The molecule has 14 nitrogen and oxygen atoms in total. The highest BCUT2D eigenvalue weighted by molar-refractivity contribution is 5.88. The molecule has 2 aliphatic heterocycles. The van der Waals surface area contributed by atoms with E-state index in [0.717, 1.165) is 12.1 Å². The Hall–Kier alpha value is -3.15. The van der Waals surface area contributed by atoms with Crippen molar-refractivity contribution in [3.63, 3.8) is 0 Å². The van der Waals surface area contributed by atoms with Gasteiger partial charge in [0.1, 0.15) is 83.2 Å². The van der Waals surface area contributed by atoms with Crippen LogP contribution in [0.1, 0.15) is 11.7 Å². The van der Waals surface area contributed by atoms with Crippen LogP contribution in [-0.2, 0) is 14.2 Å². The van der Waals surface area contributed by atoms with Crippen LogP contribution in [0.4, 0.5) is 0 Å². The first-order valence-electron chi connectivity index (χ1n) is 12.7. The van der Waals surface area contributed by atoms with E-state index >= 15 is 0 Å². The molecule has 0 amide bonds. The number of hydrogen-bond acceptors (Lipinski definition) is 14. The smallest absolute Gasteiger partial charge is 0.197 e. The third kappa shape index (κ3) is 5.30. The summed E-state index contributed by atoms with van der Waals surface area (Å²) < 4.78 is 22.1. The van der Waals surface area contributed by atoms with Gasteiger partial charge in [0.2, 0.25) is 0 Å². The molecule has 3 aromatic rings. The Morgan fingerprint density at radius 3 is 2.12 bits per heavy atom. The van der Waals surface area contributed by atoms with Gasteiger partial charge >= 0.3 is 0 Å². The summed E-state index contributed by atoms with van der Waals surface area (Å²) in [6.07, 6.45) is -16.7. The molecule has 2 aromatic carbocycles. The molecule has 2 fully saturated rings. The molecule has 0 saturated carbocycles. The summed E-state index contributed by atoms with van der Waals surface area (Å²) in [7, 11) is 0. The molecule has 14 heteroatoms. The second kappa shape index (κ2) is 11.6. The van der Waals surface area contributed by atoms with Crippen LogP contribution in [0.3, 0.4) is 0 Å². The van der Waals surface area contributed by atoms with Crippen LogP contribution in [-0.4, -0.2) is 114 Å². The molecule has 222 valence electrons. The summed E-state index contributed by atoms with van der Waals surface area (Å²) in [5.41, 5.74) is -0.728. The minimum atomic E-state index is -1.89. The van der Waals surface area contributed by atoms with Crippen LogP contribution in [0, 0.1) is 0 Å². The van der Waals surface area contributed by atoms with Crippen LogP contribution in [0.5, 0.6) is 11.5 Å². The van der Waals surface area contributed by atoms with Gasteiger partial charge < -0.3 is 64.6 Å². The summed E-state index contributed by atoms with van der Waals surface area (Å²) in [6.45, 7) is -1.33. The molecule has 5 rings (SSSR count). The van der Waals surface area contributed by atoms with Crippen molar-refractivity contribution in [2.24, 2.45) is 0 Å². The van der Waals surface area contributed by atoms with E-state index in [0.29, 0.717) is 5.56 Å². The number of hydrogen-bond donors (Lipinski definition) is 9. The summed E-state index contributed by atoms with van der Waals surface area (Å²) in [4.78, 5) is 13.0. The van der Waals surface area contributed by atoms with E-state index in [4.69, 9.17) is 18.6 Å². The summed E-state index contributed by atoms with van der Waals surface area (Å²) in [6, 6.07) is 10.8. The van der Waals surface area contributed by atoms with Gasteiger partial charge in [-0.2, -0.15) is 0 Å². The molecule has 0 radical (unpaired) electrons. The quantitative estimate of drug-likeness (QED) is 0.157. The molecule has 2 aliphatic rings. The number of fused-ring (bicyclic) bond motifs is 1. The van der Waals surface area contributed by atoms with Gasteiger partial charge in [-0.15, -0.1) is 0 Å². The normalized spacial score (nSPS) is 34.1. The van der Waals surface area contributed by atoms with Gasteiger partial charge in [0, 0.05) is 17.7 Å². The van der Waals surface area contributed by atoms with Crippen LogP contribution in [0.2, 0.25) is 0 Å². The van der Waals surface area contributed by atoms with E-state index in [2.05, 4.69) is 0 Å². The van der Waals surface area contributed by atoms with Crippen LogP contribution in [0.15, 0.2) is 51.7 Å². The van der Waals surface area contributed by atoms with E-state index in [1.54, 1.807) is 30.3 Å². The lowest BCUT2D eigenvalue weighted by Crippen LogP contribution is -2.60. The Labute approximate surface area is 231 Å². The van der Waals surface area contributed by atoms with Gasteiger partial charge in [0.05, 0.1) is 18.8 Å². The maximum absolute atomic E-state index is 13.0. The first kappa shape index (κ1) is 29.3. The predicted octanol–water partition coefficient (Wildman–Crippen LogP) is -1.79. The van der Waals surface area contributed by atoms with Crippen LogP contribution >= 0.6 is 0 Å². The molecule has 10 atom stereocenters. The number of aliphatic hydroxyl groups excluding tert-OH is 7. The number of aromatic hydroxyl groups is 2. The number of aliphatic hydroxyl groups is 7. The molecule has 0 bridgehead atoms. The van der Waals surface area contributed by atoms with Gasteiger partial charge in [-0.25, -0.2) is 0 Å². The Kier molecular flexibility index (Phi) is 8.31. The number of ether oxygens (including phenoxy) is 3. The number of phenols is 2. The highest BCUT2D eigenvalue weighted by Gasteiger charge is 2.48. The maximum atomic E-state index is 13.0. The van der Waals surface area contributed by atoms with Crippen molar-refractivity contribution in [3.05, 3.63) is 58.3 Å². The topological polar surface area (TPSA) is 240 Å². The second-order valence-corrected chi connectivity index (χ2v) is 9.97. The van der Waals surface area contributed by atoms with Gasteiger partial charge in [-0.3, -0.25) is 4.79 Å². The van der Waals surface area contributed by atoms with Crippen molar-refractivity contribution >= 4 is 11.0 Å². The minimum absolute atomic E-state index is 0.163. The van der Waals surface area contributed by atoms with Crippen molar-refractivity contribution in [1.29, 1.82) is 0 Å². The predicted molar refractivity (Wildman–Crippen MR) is 137 cm³/mol. The van der Waals surface area contributed by atoms with Crippen LogP contribution < -0.4 is 5.43 Å². The Morgan fingerprint density at radius 2 is 1.44 bits per heavy atom. The Balaban J connectivity index is 1.43. The first-order valence-corrected chi connectivity index (χ1v) is 12.7. The van der Waals surface area contributed by atoms with E-state index < -0.39 is 96.9 Å². The van der Waals surface area contributed by atoms with Gasteiger partial charge in [0.25, 0.3) is 0 Å². The Bertz CT molecular complexity index is 1430. The standard InChI is InChI=1S/C27H30O14/c28-8-15-19(31)23(35)25(37)27(41-15)38-9-16-20(32)22(34)24(36)26(40-16)18-12(30)7-14-17(21(18)33)11(29)6-13(39-14)10-4-2-1-3-5-10/h1-7,15-16,19-20,22-28,30-37H,8-9H2. The minimum Gasteiger partial charge on any atom is -0.507 e. The van der Waals surface area contributed by atoms with Gasteiger partial charge in [-0.1, -0.05) is 30.3 Å². The lowest BCUT2D eigenvalue weighted by Gasteiger charge is -2.43. The molecule has 41 heavy (non-hydrogen) atoms. The molecule has 3 heterocycles. The molecule has 9 N–H and O–H groups in total. The SMILES string of the molecule is O=c1cc(-c2ccccc2)oc2cc(O)c(C3OC(COC4OC(CO)C(O)C(O)C4O)C(O)C(O)C3O)c(O)c12. The fourth-order valence-electron chi connectivity index (χ4n) is 5.05. The molecular weight excluding hydrogens is 548 g/mol. The van der Waals surface area contributed by atoms with E-state index in [-0.39, 0.29) is 16.7 Å².